The van der Waals surface area contributed by atoms with Gasteiger partial charge in [-0.3, -0.25) is 9.89 Å². The van der Waals surface area contributed by atoms with Crippen molar-refractivity contribution in [3.8, 4) is 0 Å². The molecule has 0 spiro atoms. The molecular weight excluding hydrogens is 367 g/mol. The summed E-state index contributed by atoms with van der Waals surface area (Å²) < 4.78 is 5.72. The number of hydrogen-bond donors (Lipinski definition) is 2. The smallest absolute Gasteiger partial charge is 0.191 e. The molecule has 0 bridgehead atoms. The minimum absolute atomic E-state index is 0. The maximum Gasteiger partial charge on any atom is 0.191 e. The molecule has 2 atom stereocenters. The molecule has 1 heterocycles. The number of ether oxygens (including phenoxy) is 1. The van der Waals surface area contributed by atoms with Gasteiger partial charge in [-0.05, 0) is 26.2 Å². The largest absolute Gasteiger partial charge is 0.373 e. The van der Waals surface area contributed by atoms with Crippen molar-refractivity contribution in [1.29, 1.82) is 0 Å². The van der Waals surface area contributed by atoms with Gasteiger partial charge in [-0.25, -0.2) is 0 Å². The molecule has 2 N–H and O–H groups in total. The Hall–Kier alpha value is -0.0800. The summed E-state index contributed by atoms with van der Waals surface area (Å²) in [6.45, 7) is 11.4. The first-order valence-electron chi connectivity index (χ1n) is 7.34. The Morgan fingerprint density at radius 1 is 1.45 bits per heavy atom. The van der Waals surface area contributed by atoms with Crippen LogP contribution < -0.4 is 10.6 Å². The van der Waals surface area contributed by atoms with Crippen LogP contribution in [-0.4, -0.2) is 62.3 Å². The number of guanidine groups is 1. The number of halogens is 1. The highest BCUT2D eigenvalue weighted by Crippen LogP contribution is 2.28. The van der Waals surface area contributed by atoms with E-state index in [1.165, 1.54) is 6.42 Å². The maximum absolute atomic E-state index is 5.72. The molecule has 6 heteroatoms. The third-order valence-electron chi connectivity index (χ3n) is 3.88. The van der Waals surface area contributed by atoms with Gasteiger partial charge < -0.3 is 15.4 Å². The third kappa shape index (κ3) is 5.73. The van der Waals surface area contributed by atoms with E-state index in [1.807, 2.05) is 7.05 Å². The van der Waals surface area contributed by atoms with Gasteiger partial charge in [0.1, 0.15) is 0 Å². The first kappa shape index (κ1) is 18.0. The summed E-state index contributed by atoms with van der Waals surface area (Å²) in [4.78, 5) is 6.71. The number of aliphatic imine (C=N–C) groups is 1. The van der Waals surface area contributed by atoms with E-state index >= 15 is 0 Å². The van der Waals surface area contributed by atoms with Crippen molar-refractivity contribution in [2.75, 3.05) is 39.8 Å². The van der Waals surface area contributed by atoms with E-state index in [4.69, 9.17) is 4.74 Å². The molecule has 20 heavy (non-hydrogen) atoms. The SMILES string of the molecule is CN=C(NCCN1CCOC(C)(C)C1)NC1CC1C.I. The molecule has 1 aliphatic carbocycles. The molecule has 0 aromatic carbocycles. The van der Waals surface area contributed by atoms with Gasteiger partial charge >= 0.3 is 0 Å². The van der Waals surface area contributed by atoms with E-state index in [9.17, 15) is 0 Å². The first-order valence-corrected chi connectivity index (χ1v) is 7.34. The van der Waals surface area contributed by atoms with E-state index in [0.717, 1.165) is 44.7 Å². The van der Waals surface area contributed by atoms with E-state index < -0.39 is 0 Å². The van der Waals surface area contributed by atoms with Gasteiger partial charge in [-0.2, -0.15) is 0 Å². The second-order valence-corrected chi connectivity index (χ2v) is 6.35. The molecule has 0 radical (unpaired) electrons. The summed E-state index contributed by atoms with van der Waals surface area (Å²) in [6.07, 6.45) is 1.26. The lowest BCUT2D eigenvalue weighted by molar-refractivity contribution is -0.0852. The lowest BCUT2D eigenvalue weighted by Crippen LogP contribution is -2.51. The second kappa shape index (κ2) is 7.79. The Bertz CT molecular complexity index is 335. The highest BCUT2D eigenvalue weighted by atomic mass is 127. The zero-order chi connectivity index (χ0) is 13.9. The molecule has 0 aromatic rings. The molecule has 2 aliphatic rings. The van der Waals surface area contributed by atoms with Crippen LogP contribution in [0.25, 0.3) is 0 Å². The van der Waals surface area contributed by atoms with Gasteiger partial charge in [-0.1, -0.05) is 6.92 Å². The third-order valence-corrected chi connectivity index (χ3v) is 3.88. The molecule has 0 amide bonds. The molecule has 2 fully saturated rings. The molecule has 1 saturated carbocycles. The van der Waals surface area contributed by atoms with Crippen molar-refractivity contribution in [2.24, 2.45) is 10.9 Å². The topological polar surface area (TPSA) is 48.9 Å². The summed E-state index contributed by atoms with van der Waals surface area (Å²) in [5, 5.41) is 6.83. The maximum atomic E-state index is 5.72. The minimum Gasteiger partial charge on any atom is -0.373 e. The van der Waals surface area contributed by atoms with Crippen LogP contribution in [-0.2, 0) is 4.74 Å². The average molecular weight is 396 g/mol. The Labute approximate surface area is 139 Å². The zero-order valence-corrected chi connectivity index (χ0v) is 15.4. The van der Waals surface area contributed by atoms with Crippen molar-refractivity contribution in [3.05, 3.63) is 0 Å². The molecular formula is C14H29IN4O. The normalized spacial score (nSPS) is 29.5. The number of rotatable bonds is 4. The van der Waals surface area contributed by atoms with Crippen LogP contribution in [0.5, 0.6) is 0 Å². The Morgan fingerprint density at radius 2 is 2.15 bits per heavy atom. The van der Waals surface area contributed by atoms with E-state index in [0.29, 0.717) is 6.04 Å². The fourth-order valence-electron chi connectivity index (χ4n) is 2.53. The lowest BCUT2D eigenvalue weighted by atomic mass is 10.1. The van der Waals surface area contributed by atoms with Gasteiger partial charge in [0.2, 0.25) is 0 Å². The predicted molar refractivity (Wildman–Crippen MR) is 94.0 cm³/mol. The Balaban J connectivity index is 0.00000200. The highest BCUT2D eigenvalue weighted by Gasteiger charge is 2.33. The quantitative estimate of drug-likeness (QED) is 0.427. The number of nitrogens with zero attached hydrogens (tertiary/aromatic N) is 2. The molecule has 118 valence electrons. The summed E-state index contributed by atoms with van der Waals surface area (Å²) >= 11 is 0. The van der Waals surface area contributed by atoms with E-state index in [-0.39, 0.29) is 29.6 Å². The van der Waals surface area contributed by atoms with E-state index in [1.54, 1.807) is 0 Å². The van der Waals surface area contributed by atoms with Crippen LogP contribution >= 0.6 is 24.0 Å². The van der Waals surface area contributed by atoms with Crippen LogP contribution in [0.4, 0.5) is 0 Å². The number of morpholine rings is 1. The number of hydrogen-bond acceptors (Lipinski definition) is 3. The highest BCUT2D eigenvalue weighted by molar-refractivity contribution is 14.0. The van der Waals surface area contributed by atoms with Crippen molar-refractivity contribution in [1.82, 2.24) is 15.5 Å². The van der Waals surface area contributed by atoms with Crippen molar-refractivity contribution in [2.45, 2.75) is 38.8 Å². The predicted octanol–water partition coefficient (Wildman–Crippen LogP) is 1.29. The van der Waals surface area contributed by atoms with Crippen molar-refractivity contribution in [3.63, 3.8) is 0 Å². The van der Waals surface area contributed by atoms with Gasteiger partial charge in [0.25, 0.3) is 0 Å². The van der Waals surface area contributed by atoms with E-state index in [2.05, 4.69) is 41.3 Å². The Morgan fingerprint density at radius 3 is 2.70 bits per heavy atom. The van der Waals surface area contributed by atoms with Gasteiger partial charge in [0.15, 0.2) is 5.96 Å². The monoisotopic (exact) mass is 396 g/mol. The van der Waals surface area contributed by atoms with Crippen LogP contribution in [0.3, 0.4) is 0 Å². The summed E-state index contributed by atoms with van der Waals surface area (Å²) in [5.41, 5.74) is -0.0123. The van der Waals surface area contributed by atoms with Crippen molar-refractivity contribution >= 4 is 29.9 Å². The molecule has 1 aliphatic heterocycles. The fourth-order valence-corrected chi connectivity index (χ4v) is 2.53. The average Bonchev–Trinajstić information content (AvgIpc) is 3.02. The second-order valence-electron chi connectivity index (χ2n) is 6.35. The molecule has 5 nitrogen and oxygen atoms in total. The molecule has 2 rings (SSSR count). The molecule has 0 aromatic heterocycles. The van der Waals surface area contributed by atoms with Crippen LogP contribution in [0, 0.1) is 5.92 Å². The molecule has 2 unspecified atom stereocenters. The van der Waals surface area contributed by atoms with Gasteiger partial charge in [0.05, 0.1) is 12.2 Å². The minimum atomic E-state index is -0.0123. The van der Waals surface area contributed by atoms with Crippen LogP contribution in [0.1, 0.15) is 27.2 Å². The molecule has 1 saturated heterocycles. The van der Waals surface area contributed by atoms with Gasteiger partial charge in [0, 0.05) is 39.3 Å². The summed E-state index contributed by atoms with van der Waals surface area (Å²) in [7, 11) is 1.83. The van der Waals surface area contributed by atoms with Crippen LogP contribution in [0.2, 0.25) is 0 Å². The summed E-state index contributed by atoms with van der Waals surface area (Å²) in [6, 6.07) is 0.619. The Kier molecular flexibility index (Phi) is 7.00. The summed E-state index contributed by atoms with van der Waals surface area (Å²) in [5.74, 6) is 1.72. The first-order chi connectivity index (χ1) is 9.00. The van der Waals surface area contributed by atoms with Crippen LogP contribution in [0.15, 0.2) is 4.99 Å². The number of nitrogens with one attached hydrogen (secondary N) is 2. The standard InChI is InChI=1S/C14H28N4O.HI/c1-11-9-12(11)17-13(15-4)16-5-6-18-7-8-19-14(2,3)10-18;/h11-12H,5-10H2,1-4H3,(H2,15,16,17);1H. The van der Waals surface area contributed by atoms with Gasteiger partial charge in [-0.15, -0.1) is 24.0 Å². The van der Waals surface area contributed by atoms with Crippen molar-refractivity contribution < 1.29 is 4.74 Å². The lowest BCUT2D eigenvalue weighted by Gasteiger charge is -2.38. The zero-order valence-electron chi connectivity index (χ0n) is 13.1. The fraction of sp³-hybridized carbons (Fsp3) is 0.929.